The molecule has 2 rings (SSSR count). The van der Waals surface area contributed by atoms with E-state index in [1.165, 1.54) is 0 Å². The Hall–Kier alpha value is -1.92. The van der Waals surface area contributed by atoms with Gasteiger partial charge >= 0.3 is 0 Å². The van der Waals surface area contributed by atoms with Crippen LogP contribution in [0.1, 0.15) is 16.1 Å². The molecule has 0 radical (unpaired) electrons. The third kappa shape index (κ3) is 3.55. The summed E-state index contributed by atoms with van der Waals surface area (Å²) >= 11 is 3.38. The summed E-state index contributed by atoms with van der Waals surface area (Å²) in [6.07, 6.45) is 0. The first-order chi connectivity index (χ1) is 9.60. The molecule has 1 amide bonds. The number of nitrogens with two attached hydrogens (primary N) is 1. The molecule has 1 heterocycles. The van der Waals surface area contributed by atoms with E-state index < -0.39 is 0 Å². The molecular formula is C14H15BrN4O. The first-order valence-electron chi connectivity index (χ1n) is 6.03. The molecule has 0 aliphatic carbocycles. The fourth-order valence-corrected chi connectivity index (χ4v) is 2.03. The minimum absolute atomic E-state index is 0.148. The molecule has 0 atom stereocenters. The highest BCUT2D eigenvalue weighted by Gasteiger charge is 2.13. The Morgan fingerprint density at radius 3 is 2.65 bits per heavy atom. The van der Waals surface area contributed by atoms with Gasteiger partial charge in [0, 0.05) is 18.1 Å². The van der Waals surface area contributed by atoms with Gasteiger partial charge in [0.25, 0.3) is 5.91 Å². The Labute approximate surface area is 125 Å². The molecule has 5 nitrogen and oxygen atoms in total. The van der Waals surface area contributed by atoms with Gasteiger partial charge in [-0.05, 0) is 29.8 Å². The van der Waals surface area contributed by atoms with E-state index in [4.69, 9.17) is 5.84 Å². The molecule has 0 saturated carbocycles. The van der Waals surface area contributed by atoms with E-state index in [-0.39, 0.29) is 5.91 Å². The van der Waals surface area contributed by atoms with E-state index in [1.807, 2.05) is 24.3 Å². The van der Waals surface area contributed by atoms with Crippen molar-refractivity contribution in [1.29, 1.82) is 0 Å². The summed E-state index contributed by atoms with van der Waals surface area (Å²) in [6, 6.07) is 12.9. The number of anilines is 1. The minimum atomic E-state index is -0.148. The number of amides is 1. The molecule has 6 heteroatoms. The molecule has 0 unspecified atom stereocenters. The predicted molar refractivity (Wildman–Crippen MR) is 82.0 cm³/mol. The van der Waals surface area contributed by atoms with Crippen molar-refractivity contribution in [3.05, 3.63) is 58.2 Å². The van der Waals surface area contributed by atoms with Gasteiger partial charge in [0.15, 0.2) is 0 Å². The van der Waals surface area contributed by atoms with Gasteiger partial charge in [-0.1, -0.05) is 34.1 Å². The lowest BCUT2D eigenvalue weighted by molar-refractivity contribution is 0.0779. The number of pyridine rings is 1. The molecule has 0 bridgehead atoms. The van der Waals surface area contributed by atoms with Crippen LogP contribution in [-0.2, 0) is 6.54 Å². The Balaban J connectivity index is 2.09. The number of rotatable bonds is 4. The Kier molecular flexibility index (Phi) is 4.70. The highest BCUT2D eigenvalue weighted by Crippen LogP contribution is 2.13. The number of hydrogen-bond acceptors (Lipinski definition) is 4. The molecular weight excluding hydrogens is 320 g/mol. The molecule has 0 fully saturated rings. The maximum absolute atomic E-state index is 12.3. The zero-order chi connectivity index (χ0) is 14.5. The highest BCUT2D eigenvalue weighted by molar-refractivity contribution is 9.10. The average molecular weight is 335 g/mol. The number of halogens is 1. The quantitative estimate of drug-likeness (QED) is 0.665. The summed E-state index contributed by atoms with van der Waals surface area (Å²) in [5.41, 5.74) is 3.84. The van der Waals surface area contributed by atoms with Crippen molar-refractivity contribution in [1.82, 2.24) is 9.88 Å². The van der Waals surface area contributed by atoms with Crippen molar-refractivity contribution >= 4 is 27.7 Å². The monoisotopic (exact) mass is 334 g/mol. The van der Waals surface area contributed by atoms with Crippen LogP contribution in [0.2, 0.25) is 0 Å². The maximum atomic E-state index is 12.3. The van der Waals surface area contributed by atoms with Crippen molar-refractivity contribution in [2.24, 2.45) is 5.84 Å². The second-order valence-electron chi connectivity index (χ2n) is 4.34. The van der Waals surface area contributed by atoms with Crippen LogP contribution >= 0.6 is 15.9 Å². The van der Waals surface area contributed by atoms with E-state index in [0.717, 1.165) is 10.0 Å². The van der Waals surface area contributed by atoms with Crippen molar-refractivity contribution < 1.29 is 4.79 Å². The van der Waals surface area contributed by atoms with Crippen LogP contribution in [0.15, 0.2) is 46.9 Å². The van der Waals surface area contributed by atoms with Crippen LogP contribution in [0, 0.1) is 0 Å². The third-order valence-electron chi connectivity index (χ3n) is 2.80. The Morgan fingerprint density at radius 1 is 1.30 bits per heavy atom. The molecule has 0 aliphatic heterocycles. The van der Waals surface area contributed by atoms with Crippen molar-refractivity contribution in [3.8, 4) is 0 Å². The first-order valence-corrected chi connectivity index (χ1v) is 6.83. The van der Waals surface area contributed by atoms with Crippen molar-refractivity contribution in [2.75, 3.05) is 12.5 Å². The number of benzene rings is 1. The topological polar surface area (TPSA) is 71.2 Å². The molecule has 0 spiro atoms. The zero-order valence-corrected chi connectivity index (χ0v) is 12.6. The lowest BCUT2D eigenvalue weighted by Gasteiger charge is -2.17. The zero-order valence-electron chi connectivity index (χ0n) is 11.0. The first kappa shape index (κ1) is 14.5. The second kappa shape index (κ2) is 6.49. The predicted octanol–water partition coefficient (Wildman–Crippen LogP) is 2.40. The van der Waals surface area contributed by atoms with E-state index in [0.29, 0.717) is 18.1 Å². The third-order valence-corrected chi connectivity index (χ3v) is 3.32. The van der Waals surface area contributed by atoms with Crippen LogP contribution in [-0.4, -0.2) is 22.8 Å². The molecule has 3 N–H and O–H groups in total. The standard InChI is InChI=1S/C14H15BrN4O/c1-19(9-10-5-7-11(15)8-6-10)14(20)12-3-2-4-13(17-12)18-16/h2-8H,9,16H2,1H3,(H,17,18). The number of hydrazine groups is 1. The Morgan fingerprint density at radius 2 is 2.00 bits per heavy atom. The normalized spacial score (nSPS) is 10.2. The van der Waals surface area contributed by atoms with Crippen LogP contribution in [0.5, 0.6) is 0 Å². The number of aromatic nitrogens is 1. The van der Waals surface area contributed by atoms with Crippen LogP contribution in [0.25, 0.3) is 0 Å². The van der Waals surface area contributed by atoms with E-state index >= 15 is 0 Å². The van der Waals surface area contributed by atoms with Crippen LogP contribution in [0.3, 0.4) is 0 Å². The average Bonchev–Trinajstić information content (AvgIpc) is 2.48. The van der Waals surface area contributed by atoms with E-state index in [9.17, 15) is 4.79 Å². The van der Waals surface area contributed by atoms with Gasteiger partial charge in [0.1, 0.15) is 11.5 Å². The molecule has 0 aliphatic rings. The van der Waals surface area contributed by atoms with E-state index in [2.05, 4.69) is 26.3 Å². The fourth-order valence-electron chi connectivity index (χ4n) is 1.77. The summed E-state index contributed by atoms with van der Waals surface area (Å²) < 4.78 is 1.01. The van der Waals surface area contributed by atoms with E-state index in [1.54, 1.807) is 30.1 Å². The molecule has 0 saturated heterocycles. The van der Waals surface area contributed by atoms with Crippen LogP contribution in [0.4, 0.5) is 5.82 Å². The smallest absolute Gasteiger partial charge is 0.272 e. The van der Waals surface area contributed by atoms with Gasteiger partial charge in [-0.15, -0.1) is 0 Å². The largest absolute Gasteiger partial charge is 0.336 e. The molecule has 104 valence electrons. The lowest BCUT2D eigenvalue weighted by Crippen LogP contribution is -2.27. The second-order valence-corrected chi connectivity index (χ2v) is 5.26. The summed E-state index contributed by atoms with van der Waals surface area (Å²) in [4.78, 5) is 18.0. The number of hydrogen-bond donors (Lipinski definition) is 2. The van der Waals surface area contributed by atoms with Crippen molar-refractivity contribution in [3.63, 3.8) is 0 Å². The van der Waals surface area contributed by atoms with Gasteiger partial charge in [0.05, 0.1) is 0 Å². The fraction of sp³-hybridized carbons (Fsp3) is 0.143. The number of nitrogen functional groups attached to an aromatic ring is 1. The number of nitrogens with one attached hydrogen (secondary N) is 1. The van der Waals surface area contributed by atoms with Crippen LogP contribution < -0.4 is 11.3 Å². The highest BCUT2D eigenvalue weighted by atomic mass is 79.9. The molecule has 20 heavy (non-hydrogen) atoms. The molecule has 1 aromatic carbocycles. The van der Waals surface area contributed by atoms with Gasteiger partial charge in [-0.25, -0.2) is 10.8 Å². The maximum Gasteiger partial charge on any atom is 0.272 e. The van der Waals surface area contributed by atoms with Gasteiger partial charge < -0.3 is 10.3 Å². The van der Waals surface area contributed by atoms with Gasteiger partial charge in [-0.3, -0.25) is 4.79 Å². The van der Waals surface area contributed by atoms with Gasteiger partial charge in [0.2, 0.25) is 0 Å². The number of nitrogens with zero attached hydrogens (tertiary/aromatic N) is 2. The minimum Gasteiger partial charge on any atom is -0.336 e. The Bertz CT molecular complexity index is 600. The molecule has 2 aromatic rings. The summed E-state index contributed by atoms with van der Waals surface area (Å²) in [6.45, 7) is 0.522. The summed E-state index contributed by atoms with van der Waals surface area (Å²) in [7, 11) is 1.74. The summed E-state index contributed by atoms with van der Waals surface area (Å²) in [5.74, 6) is 5.61. The summed E-state index contributed by atoms with van der Waals surface area (Å²) in [5, 5.41) is 0. The lowest BCUT2D eigenvalue weighted by atomic mass is 10.2. The van der Waals surface area contributed by atoms with Gasteiger partial charge in [-0.2, -0.15) is 0 Å². The number of carbonyl (C=O) groups is 1. The SMILES string of the molecule is CN(Cc1ccc(Br)cc1)C(=O)c1cccc(NN)n1. The molecule has 1 aromatic heterocycles. The van der Waals surface area contributed by atoms with Crippen molar-refractivity contribution in [2.45, 2.75) is 6.54 Å². The number of carbonyl (C=O) groups excluding carboxylic acids is 1.